The third kappa shape index (κ3) is 2.41. The van der Waals surface area contributed by atoms with E-state index < -0.39 is 30.0 Å². The van der Waals surface area contributed by atoms with Crippen LogP contribution in [-0.4, -0.2) is 29.2 Å². The summed E-state index contributed by atoms with van der Waals surface area (Å²) in [5.41, 5.74) is -5.31. The first-order valence-corrected chi connectivity index (χ1v) is 4.39. The van der Waals surface area contributed by atoms with Crippen LogP contribution in [-0.2, 0) is 0 Å². The first kappa shape index (κ1) is 15.5. The maximum absolute atomic E-state index is 13.1. The molecule has 0 radical (unpaired) electrons. The van der Waals surface area contributed by atoms with Crippen molar-refractivity contribution in [1.82, 2.24) is 0 Å². The van der Waals surface area contributed by atoms with Crippen molar-refractivity contribution in [2.75, 3.05) is 0 Å². The normalized spacial score (nSPS) is 18.4. The fourth-order valence-corrected chi connectivity index (χ4v) is 1.09. The van der Waals surface area contributed by atoms with Crippen molar-refractivity contribution in [3.05, 3.63) is 0 Å². The summed E-state index contributed by atoms with van der Waals surface area (Å²) in [6.45, 7) is 2.09. The molecule has 0 bridgehead atoms. The molecule has 0 aromatic heterocycles. The topological polar surface area (TPSA) is 20.2 Å². The molecule has 2 atom stereocenters. The third-order valence-corrected chi connectivity index (χ3v) is 2.41. The molecule has 0 aliphatic heterocycles. The van der Waals surface area contributed by atoms with E-state index in [9.17, 15) is 30.7 Å². The highest BCUT2D eigenvalue weighted by molar-refractivity contribution is 5.01. The van der Waals surface area contributed by atoms with Crippen LogP contribution in [0.5, 0.6) is 0 Å². The van der Waals surface area contributed by atoms with Crippen LogP contribution in [0.4, 0.5) is 30.7 Å². The van der Waals surface area contributed by atoms with E-state index >= 15 is 0 Å². The summed E-state index contributed by atoms with van der Waals surface area (Å²) in [5, 5.41) is 8.63. The smallest absolute Gasteiger partial charge is 0.371 e. The molecular formula is C8H11F7O. The molecule has 1 nitrogen and oxygen atoms in total. The summed E-state index contributed by atoms with van der Waals surface area (Å²) in [6, 6.07) is 0. The number of halogens is 7. The van der Waals surface area contributed by atoms with E-state index in [1.807, 2.05) is 0 Å². The number of hydrogen-bond acceptors (Lipinski definition) is 1. The van der Waals surface area contributed by atoms with Gasteiger partial charge in [0.05, 0.1) is 0 Å². The Kier molecular flexibility index (Phi) is 4.24. The Balaban J connectivity index is 5.44. The minimum Gasteiger partial charge on any atom is -0.371 e. The van der Waals surface area contributed by atoms with Crippen LogP contribution in [0.1, 0.15) is 20.3 Å². The van der Waals surface area contributed by atoms with Gasteiger partial charge < -0.3 is 5.11 Å². The summed E-state index contributed by atoms with van der Waals surface area (Å²) >= 11 is 0. The SMILES string of the molecule is CC[C@@H](C)[C@@H](F)C(O)(C(F)(F)F)C(F)(F)F. The van der Waals surface area contributed by atoms with Crippen LogP contribution in [0.2, 0.25) is 0 Å². The molecule has 0 aromatic carbocycles. The summed E-state index contributed by atoms with van der Waals surface area (Å²) in [7, 11) is 0. The molecule has 0 amide bonds. The Bertz CT molecular complexity index is 218. The molecule has 0 fully saturated rings. The fraction of sp³-hybridized carbons (Fsp3) is 1.00. The summed E-state index contributed by atoms with van der Waals surface area (Å²) < 4.78 is 86.0. The van der Waals surface area contributed by atoms with Crippen LogP contribution in [0.15, 0.2) is 0 Å². The highest BCUT2D eigenvalue weighted by Gasteiger charge is 2.75. The van der Waals surface area contributed by atoms with Crippen molar-refractivity contribution >= 4 is 0 Å². The lowest BCUT2D eigenvalue weighted by Crippen LogP contribution is -2.64. The van der Waals surface area contributed by atoms with E-state index in [0.717, 1.165) is 6.92 Å². The number of alkyl halides is 7. The minimum absolute atomic E-state index is 0.254. The van der Waals surface area contributed by atoms with Gasteiger partial charge in [0.15, 0.2) is 0 Å². The maximum atomic E-state index is 13.1. The number of rotatable bonds is 3. The van der Waals surface area contributed by atoms with Crippen LogP contribution >= 0.6 is 0 Å². The van der Waals surface area contributed by atoms with Gasteiger partial charge in [-0.15, -0.1) is 0 Å². The molecule has 0 unspecified atom stereocenters. The zero-order chi connectivity index (χ0) is 13.4. The molecule has 0 saturated carbocycles. The molecular weight excluding hydrogens is 245 g/mol. The predicted octanol–water partition coefficient (Wildman–Crippen LogP) is 3.23. The highest BCUT2D eigenvalue weighted by Crippen LogP contribution is 2.48. The maximum Gasteiger partial charge on any atom is 0.429 e. The van der Waals surface area contributed by atoms with Gasteiger partial charge >= 0.3 is 12.4 Å². The average molecular weight is 256 g/mol. The van der Waals surface area contributed by atoms with E-state index in [2.05, 4.69) is 0 Å². The molecule has 0 aromatic rings. The lowest BCUT2D eigenvalue weighted by atomic mass is 9.86. The van der Waals surface area contributed by atoms with Gasteiger partial charge in [-0.3, -0.25) is 0 Å². The van der Waals surface area contributed by atoms with Gasteiger partial charge in [-0.2, -0.15) is 26.3 Å². The molecule has 1 N–H and O–H groups in total. The van der Waals surface area contributed by atoms with Gasteiger partial charge in [0, 0.05) is 0 Å². The van der Waals surface area contributed by atoms with Gasteiger partial charge in [0.2, 0.25) is 0 Å². The second-order valence-corrected chi connectivity index (χ2v) is 3.55. The Labute approximate surface area is 87.2 Å². The van der Waals surface area contributed by atoms with E-state index in [0.29, 0.717) is 0 Å². The van der Waals surface area contributed by atoms with Gasteiger partial charge in [0.1, 0.15) is 6.17 Å². The van der Waals surface area contributed by atoms with Crippen molar-refractivity contribution in [3.8, 4) is 0 Å². The van der Waals surface area contributed by atoms with Crippen molar-refractivity contribution < 1.29 is 35.8 Å². The number of aliphatic hydroxyl groups is 1. The quantitative estimate of drug-likeness (QED) is 0.768. The highest BCUT2D eigenvalue weighted by atomic mass is 19.4. The molecule has 0 rings (SSSR count). The second-order valence-electron chi connectivity index (χ2n) is 3.55. The number of hydrogen-bond donors (Lipinski definition) is 1. The molecule has 0 aliphatic carbocycles. The molecule has 98 valence electrons. The van der Waals surface area contributed by atoms with E-state index in [-0.39, 0.29) is 6.42 Å². The van der Waals surface area contributed by atoms with Crippen molar-refractivity contribution in [3.63, 3.8) is 0 Å². The van der Waals surface area contributed by atoms with Crippen LogP contribution in [0, 0.1) is 5.92 Å². The van der Waals surface area contributed by atoms with Crippen molar-refractivity contribution in [2.24, 2.45) is 5.92 Å². The lowest BCUT2D eigenvalue weighted by Gasteiger charge is -2.36. The summed E-state index contributed by atoms with van der Waals surface area (Å²) in [5.74, 6) is -1.56. The molecule has 0 saturated heterocycles. The van der Waals surface area contributed by atoms with E-state index in [1.165, 1.54) is 6.92 Å². The lowest BCUT2D eigenvalue weighted by molar-refractivity contribution is -0.388. The predicted molar refractivity (Wildman–Crippen MR) is 41.4 cm³/mol. The average Bonchev–Trinajstić information content (AvgIpc) is 2.10. The van der Waals surface area contributed by atoms with Gasteiger partial charge in [-0.1, -0.05) is 20.3 Å². The molecule has 0 spiro atoms. The molecule has 0 heterocycles. The fourth-order valence-electron chi connectivity index (χ4n) is 1.09. The zero-order valence-electron chi connectivity index (χ0n) is 8.45. The van der Waals surface area contributed by atoms with E-state index in [1.54, 1.807) is 0 Å². The summed E-state index contributed by atoms with van der Waals surface area (Å²) in [6.07, 6.45) is -15.9. The summed E-state index contributed by atoms with van der Waals surface area (Å²) in [4.78, 5) is 0. The van der Waals surface area contributed by atoms with Gasteiger partial charge in [-0.25, -0.2) is 4.39 Å². The first-order valence-electron chi connectivity index (χ1n) is 4.39. The Morgan fingerprint density at radius 2 is 1.31 bits per heavy atom. The molecule has 0 aliphatic rings. The van der Waals surface area contributed by atoms with Crippen LogP contribution in [0.3, 0.4) is 0 Å². The van der Waals surface area contributed by atoms with Gasteiger partial charge in [-0.05, 0) is 5.92 Å². The molecule has 8 heteroatoms. The first-order chi connectivity index (χ1) is 6.89. The second kappa shape index (κ2) is 4.38. The molecule has 16 heavy (non-hydrogen) atoms. The van der Waals surface area contributed by atoms with Crippen LogP contribution < -0.4 is 0 Å². The minimum atomic E-state index is -6.10. The zero-order valence-corrected chi connectivity index (χ0v) is 8.45. The Morgan fingerprint density at radius 3 is 1.50 bits per heavy atom. The van der Waals surface area contributed by atoms with E-state index in [4.69, 9.17) is 5.11 Å². The largest absolute Gasteiger partial charge is 0.429 e. The van der Waals surface area contributed by atoms with Gasteiger partial charge in [0.25, 0.3) is 5.60 Å². The Hall–Kier alpha value is -0.530. The monoisotopic (exact) mass is 256 g/mol. The van der Waals surface area contributed by atoms with Crippen LogP contribution in [0.25, 0.3) is 0 Å². The Morgan fingerprint density at radius 1 is 1.00 bits per heavy atom. The van der Waals surface area contributed by atoms with Crippen molar-refractivity contribution in [2.45, 2.75) is 44.4 Å². The third-order valence-electron chi connectivity index (χ3n) is 2.41. The standard InChI is InChI=1S/C8H11F7O/c1-3-4(2)5(9)6(16,7(10,11)12)8(13,14)15/h4-5,16H,3H2,1-2H3/t4-,5-/m1/s1. The van der Waals surface area contributed by atoms with Crippen molar-refractivity contribution in [1.29, 1.82) is 0 Å².